The zero-order valence-electron chi connectivity index (χ0n) is 13.3. The van der Waals surface area contributed by atoms with Gasteiger partial charge in [0.25, 0.3) is 0 Å². The third-order valence-corrected chi connectivity index (χ3v) is 4.67. The lowest BCUT2D eigenvalue weighted by Crippen LogP contribution is -2.28. The van der Waals surface area contributed by atoms with E-state index in [9.17, 15) is 4.79 Å². The van der Waals surface area contributed by atoms with Crippen LogP contribution in [0.5, 0.6) is 0 Å². The highest BCUT2D eigenvalue weighted by atomic mass is 16.2. The summed E-state index contributed by atoms with van der Waals surface area (Å²) in [5.74, 6) is 0.174. The lowest BCUT2D eigenvalue weighted by molar-refractivity contribution is -0.119. The maximum absolute atomic E-state index is 12.9. The molecular weight excluding hydrogens is 298 g/mol. The van der Waals surface area contributed by atoms with Crippen molar-refractivity contribution in [2.45, 2.75) is 5.92 Å². The minimum Gasteiger partial charge on any atom is -0.324 e. The fraction of sp³-hybridized carbons (Fsp3) is 0.200. The highest BCUT2D eigenvalue weighted by Gasteiger charge is 2.34. The molecule has 0 bridgehead atoms. The van der Waals surface area contributed by atoms with Crippen molar-refractivity contribution >= 4 is 22.5 Å². The third-order valence-electron chi connectivity index (χ3n) is 4.67. The van der Waals surface area contributed by atoms with Gasteiger partial charge < -0.3 is 10.6 Å². The first-order chi connectivity index (χ1) is 11.8. The molecule has 4 heteroatoms. The number of nitrogens with zero attached hydrogens (tertiary/aromatic N) is 1. The Morgan fingerprint density at radius 1 is 1.00 bits per heavy atom. The van der Waals surface area contributed by atoms with Crippen LogP contribution in [0.4, 0.5) is 5.69 Å². The van der Waals surface area contributed by atoms with E-state index in [4.69, 9.17) is 0 Å². The molecule has 0 radical (unpaired) electrons. The van der Waals surface area contributed by atoms with Crippen LogP contribution in [0.3, 0.4) is 0 Å². The van der Waals surface area contributed by atoms with Gasteiger partial charge in [-0.1, -0.05) is 48.5 Å². The van der Waals surface area contributed by atoms with Crippen LogP contribution < -0.4 is 10.6 Å². The topological polar surface area (TPSA) is 54.0 Å². The molecule has 2 heterocycles. The number of fused-ring (bicyclic) bond motifs is 1. The number of pyridine rings is 1. The van der Waals surface area contributed by atoms with Gasteiger partial charge in [0.2, 0.25) is 5.91 Å². The predicted octanol–water partition coefficient (Wildman–Crippen LogP) is 3.18. The lowest BCUT2D eigenvalue weighted by atomic mass is 9.88. The number of anilines is 1. The Bertz CT molecular complexity index is 858. The van der Waals surface area contributed by atoms with Crippen LogP contribution in [0.25, 0.3) is 10.9 Å². The van der Waals surface area contributed by atoms with Crippen LogP contribution in [0.1, 0.15) is 11.5 Å². The number of carbonyl (C=O) groups is 1. The van der Waals surface area contributed by atoms with Crippen LogP contribution >= 0.6 is 0 Å². The number of carbonyl (C=O) groups excluding carboxylic acids is 1. The van der Waals surface area contributed by atoms with Crippen LogP contribution in [-0.4, -0.2) is 24.0 Å². The Kier molecular flexibility index (Phi) is 3.97. The van der Waals surface area contributed by atoms with Gasteiger partial charge in [-0.2, -0.15) is 0 Å². The van der Waals surface area contributed by atoms with Crippen LogP contribution in [0.2, 0.25) is 0 Å². The second-order valence-corrected chi connectivity index (χ2v) is 6.15. The van der Waals surface area contributed by atoms with Crippen molar-refractivity contribution in [3.8, 4) is 0 Å². The van der Waals surface area contributed by atoms with Gasteiger partial charge in [0.05, 0.1) is 17.1 Å². The van der Waals surface area contributed by atoms with E-state index in [-0.39, 0.29) is 17.7 Å². The van der Waals surface area contributed by atoms with Crippen molar-refractivity contribution in [1.82, 2.24) is 10.3 Å². The summed E-state index contributed by atoms with van der Waals surface area (Å²) in [5.41, 5.74) is 2.81. The highest BCUT2D eigenvalue weighted by molar-refractivity contribution is 6.01. The van der Waals surface area contributed by atoms with E-state index < -0.39 is 0 Å². The number of aromatic nitrogens is 1. The SMILES string of the molecule is O=C(Nc1cccc2cccnc12)[C@@H]1CNC[C@@H]1c1ccccc1. The number of rotatable bonds is 3. The Morgan fingerprint density at radius 2 is 1.83 bits per heavy atom. The summed E-state index contributed by atoms with van der Waals surface area (Å²) in [5, 5.41) is 7.46. The van der Waals surface area contributed by atoms with Crippen LogP contribution in [0.15, 0.2) is 66.9 Å². The molecular formula is C20H19N3O. The maximum atomic E-state index is 12.9. The summed E-state index contributed by atoms with van der Waals surface area (Å²) in [6, 6.07) is 20.0. The van der Waals surface area contributed by atoms with Gasteiger partial charge in [0, 0.05) is 30.6 Å². The van der Waals surface area contributed by atoms with E-state index in [1.165, 1.54) is 5.56 Å². The fourth-order valence-electron chi connectivity index (χ4n) is 3.44. The van der Waals surface area contributed by atoms with Crippen molar-refractivity contribution < 1.29 is 4.79 Å². The average molecular weight is 317 g/mol. The van der Waals surface area contributed by atoms with Gasteiger partial charge in [-0.15, -0.1) is 0 Å². The molecule has 0 aliphatic carbocycles. The average Bonchev–Trinajstić information content (AvgIpc) is 3.13. The number of hydrogen-bond acceptors (Lipinski definition) is 3. The Labute approximate surface area is 140 Å². The molecule has 1 amide bonds. The van der Waals surface area contributed by atoms with Crippen LogP contribution in [0, 0.1) is 5.92 Å². The zero-order chi connectivity index (χ0) is 16.4. The summed E-state index contributed by atoms with van der Waals surface area (Å²) < 4.78 is 0. The number of hydrogen-bond donors (Lipinski definition) is 2. The van der Waals surface area contributed by atoms with Crippen molar-refractivity contribution in [2.24, 2.45) is 5.92 Å². The van der Waals surface area contributed by atoms with E-state index in [2.05, 4.69) is 27.8 Å². The van der Waals surface area contributed by atoms with Crippen molar-refractivity contribution in [3.63, 3.8) is 0 Å². The minimum atomic E-state index is -0.0774. The molecule has 0 unspecified atom stereocenters. The Hall–Kier alpha value is -2.72. The third kappa shape index (κ3) is 2.76. The number of para-hydroxylation sites is 1. The van der Waals surface area contributed by atoms with E-state index in [1.807, 2.05) is 48.5 Å². The summed E-state index contributed by atoms with van der Waals surface area (Å²) in [6.45, 7) is 1.53. The molecule has 4 nitrogen and oxygen atoms in total. The van der Waals surface area contributed by atoms with Crippen molar-refractivity contribution in [3.05, 3.63) is 72.4 Å². The minimum absolute atomic E-state index is 0.0482. The molecule has 1 aromatic heterocycles. The number of benzene rings is 2. The standard InChI is InChI=1S/C20H19N3O/c24-20(17-13-21-12-16(17)14-6-2-1-3-7-14)23-18-10-4-8-15-9-5-11-22-19(15)18/h1-11,16-17,21H,12-13H2,(H,23,24)/t16-,17-/m1/s1. The summed E-state index contributed by atoms with van der Waals surface area (Å²) >= 11 is 0. The summed E-state index contributed by atoms with van der Waals surface area (Å²) in [4.78, 5) is 17.3. The van der Waals surface area contributed by atoms with Gasteiger partial charge in [-0.05, 0) is 17.7 Å². The Balaban J connectivity index is 1.59. The first-order valence-corrected chi connectivity index (χ1v) is 8.23. The van der Waals surface area contributed by atoms with E-state index >= 15 is 0 Å². The van der Waals surface area contributed by atoms with Gasteiger partial charge in [0.15, 0.2) is 0 Å². The largest absolute Gasteiger partial charge is 0.324 e. The highest BCUT2D eigenvalue weighted by Crippen LogP contribution is 2.30. The van der Waals surface area contributed by atoms with Gasteiger partial charge in [-0.3, -0.25) is 9.78 Å². The summed E-state index contributed by atoms with van der Waals surface area (Å²) in [7, 11) is 0. The first-order valence-electron chi connectivity index (χ1n) is 8.23. The second kappa shape index (κ2) is 6.42. The number of nitrogens with one attached hydrogen (secondary N) is 2. The van der Waals surface area contributed by atoms with Gasteiger partial charge in [0.1, 0.15) is 0 Å². The Morgan fingerprint density at radius 3 is 2.71 bits per heavy atom. The lowest BCUT2D eigenvalue weighted by Gasteiger charge is -2.19. The fourth-order valence-corrected chi connectivity index (χ4v) is 3.44. The summed E-state index contributed by atoms with van der Waals surface area (Å²) in [6.07, 6.45) is 1.75. The smallest absolute Gasteiger partial charge is 0.229 e. The molecule has 120 valence electrons. The van der Waals surface area contributed by atoms with Crippen molar-refractivity contribution in [2.75, 3.05) is 18.4 Å². The van der Waals surface area contributed by atoms with Crippen LogP contribution in [-0.2, 0) is 4.79 Å². The first kappa shape index (κ1) is 14.8. The molecule has 1 aliphatic heterocycles. The number of amides is 1. The quantitative estimate of drug-likeness (QED) is 0.780. The van der Waals surface area contributed by atoms with E-state index in [0.717, 1.165) is 23.1 Å². The maximum Gasteiger partial charge on any atom is 0.229 e. The molecule has 3 aromatic rings. The molecule has 0 saturated carbocycles. The van der Waals surface area contributed by atoms with Crippen molar-refractivity contribution in [1.29, 1.82) is 0 Å². The molecule has 4 rings (SSSR count). The molecule has 24 heavy (non-hydrogen) atoms. The zero-order valence-corrected chi connectivity index (χ0v) is 13.3. The van der Waals surface area contributed by atoms with E-state index in [0.29, 0.717) is 6.54 Å². The molecule has 2 aromatic carbocycles. The van der Waals surface area contributed by atoms with E-state index in [1.54, 1.807) is 6.20 Å². The predicted molar refractivity (Wildman–Crippen MR) is 95.9 cm³/mol. The molecule has 1 aliphatic rings. The molecule has 1 saturated heterocycles. The normalized spacial score (nSPS) is 20.2. The van der Waals surface area contributed by atoms with Gasteiger partial charge >= 0.3 is 0 Å². The molecule has 0 spiro atoms. The monoisotopic (exact) mass is 317 g/mol. The second-order valence-electron chi connectivity index (χ2n) is 6.15. The molecule has 2 N–H and O–H groups in total. The molecule has 2 atom stereocenters. The molecule has 1 fully saturated rings. The van der Waals surface area contributed by atoms with Gasteiger partial charge in [-0.25, -0.2) is 0 Å².